The number of anilines is 1. The van der Waals surface area contributed by atoms with Gasteiger partial charge in [-0.2, -0.15) is 0 Å². The summed E-state index contributed by atoms with van der Waals surface area (Å²) < 4.78 is 5.24. The maximum absolute atomic E-state index is 8.62. The average Bonchev–Trinajstić information content (AvgIpc) is 2.19. The first-order valence-corrected chi connectivity index (χ1v) is 4.62. The minimum atomic E-state index is -0.0323. The van der Waals surface area contributed by atoms with Gasteiger partial charge in [0.15, 0.2) is 0 Å². The number of aromatic nitrogens is 2. The van der Waals surface area contributed by atoms with E-state index in [0.717, 1.165) is 18.4 Å². The molecule has 1 aromatic rings. The number of ether oxygens (including phenoxy) is 1. The number of hydrogen-bond acceptors (Lipinski definition) is 5. The molecule has 0 aromatic carbocycles. The Hall–Kier alpha value is -1.36. The molecule has 5 heteroatoms. The zero-order valence-electron chi connectivity index (χ0n) is 8.23. The van der Waals surface area contributed by atoms with Gasteiger partial charge in [-0.3, -0.25) is 0 Å². The molecule has 0 atom stereocenters. The van der Waals surface area contributed by atoms with E-state index in [2.05, 4.69) is 9.97 Å². The van der Waals surface area contributed by atoms with E-state index >= 15 is 0 Å². The van der Waals surface area contributed by atoms with Gasteiger partial charge in [0, 0.05) is 0 Å². The predicted molar refractivity (Wildman–Crippen MR) is 53.0 cm³/mol. The molecule has 0 aliphatic carbocycles. The lowest BCUT2D eigenvalue weighted by Crippen LogP contribution is -2.08. The molecule has 0 amide bonds. The van der Waals surface area contributed by atoms with E-state index in [1.54, 1.807) is 0 Å². The molecule has 0 fully saturated rings. The number of aliphatic hydroxyl groups excluding tert-OH is 1. The molecule has 78 valence electrons. The first kappa shape index (κ1) is 10.7. The molecular formula is C9H15N3O2. The fourth-order valence-corrected chi connectivity index (χ4v) is 1.16. The third kappa shape index (κ3) is 2.56. The summed E-state index contributed by atoms with van der Waals surface area (Å²) in [6, 6.07) is 0. The second kappa shape index (κ2) is 5.39. The van der Waals surface area contributed by atoms with Crippen molar-refractivity contribution in [1.82, 2.24) is 9.97 Å². The highest BCUT2D eigenvalue weighted by molar-refractivity contribution is 5.44. The van der Waals surface area contributed by atoms with E-state index in [1.165, 1.54) is 6.33 Å². The van der Waals surface area contributed by atoms with Crippen LogP contribution in [-0.2, 0) is 6.42 Å². The molecule has 0 saturated carbocycles. The van der Waals surface area contributed by atoms with Gasteiger partial charge < -0.3 is 15.6 Å². The summed E-state index contributed by atoms with van der Waals surface area (Å²) in [7, 11) is 0. The molecule has 0 aliphatic rings. The molecule has 0 bridgehead atoms. The van der Waals surface area contributed by atoms with E-state index in [9.17, 15) is 0 Å². The first-order valence-electron chi connectivity index (χ1n) is 4.62. The van der Waals surface area contributed by atoms with Crippen molar-refractivity contribution >= 4 is 5.82 Å². The van der Waals surface area contributed by atoms with Crippen LogP contribution in [0.4, 0.5) is 5.82 Å². The summed E-state index contributed by atoms with van der Waals surface area (Å²) in [6.07, 6.45) is 3.10. The molecule has 3 N–H and O–H groups in total. The Morgan fingerprint density at radius 2 is 2.29 bits per heavy atom. The van der Waals surface area contributed by atoms with Crippen LogP contribution in [0.15, 0.2) is 6.33 Å². The lowest BCUT2D eigenvalue weighted by atomic mass is 10.2. The summed E-state index contributed by atoms with van der Waals surface area (Å²) in [5.74, 6) is 0.934. The molecule has 0 saturated heterocycles. The third-order valence-electron chi connectivity index (χ3n) is 1.77. The van der Waals surface area contributed by atoms with E-state index in [-0.39, 0.29) is 13.2 Å². The van der Waals surface area contributed by atoms with Crippen LogP contribution in [0.2, 0.25) is 0 Å². The van der Waals surface area contributed by atoms with Gasteiger partial charge in [-0.15, -0.1) is 0 Å². The van der Waals surface area contributed by atoms with Gasteiger partial charge in [0.2, 0.25) is 5.88 Å². The number of rotatable bonds is 5. The lowest BCUT2D eigenvalue weighted by Gasteiger charge is -2.09. The quantitative estimate of drug-likeness (QED) is 0.713. The van der Waals surface area contributed by atoms with Crippen LogP contribution in [0, 0.1) is 0 Å². The van der Waals surface area contributed by atoms with Crippen LogP contribution in [0.25, 0.3) is 0 Å². The van der Waals surface area contributed by atoms with Gasteiger partial charge in [-0.1, -0.05) is 13.3 Å². The fraction of sp³-hybridized carbons (Fsp3) is 0.556. The van der Waals surface area contributed by atoms with Gasteiger partial charge in [0.05, 0.1) is 12.2 Å². The highest BCUT2D eigenvalue weighted by Gasteiger charge is 2.08. The SMILES string of the molecule is CCCc1c(N)ncnc1OCCO. The Bertz CT molecular complexity index is 291. The second-order valence-electron chi connectivity index (χ2n) is 2.86. The molecule has 0 aliphatic heterocycles. The third-order valence-corrected chi connectivity index (χ3v) is 1.77. The molecule has 1 heterocycles. The van der Waals surface area contributed by atoms with Crippen molar-refractivity contribution < 1.29 is 9.84 Å². The second-order valence-corrected chi connectivity index (χ2v) is 2.86. The van der Waals surface area contributed by atoms with E-state index in [0.29, 0.717) is 11.7 Å². The summed E-state index contributed by atoms with van der Waals surface area (Å²) >= 11 is 0. The van der Waals surface area contributed by atoms with Crippen molar-refractivity contribution in [3.05, 3.63) is 11.9 Å². The molecule has 1 rings (SSSR count). The van der Waals surface area contributed by atoms with Crippen molar-refractivity contribution in [3.63, 3.8) is 0 Å². The zero-order valence-corrected chi connectivity index (χ0v) is 8.23. The minimum absolute atomic E-state index is 0.0323. The summed E-state index contributed by atoms with van der Waals surface area (Å²) in [5.41, 5.74) is 6.51. The van der Waals surface area contributed by atoms with Crippen LogP contribution < -0.4 is 10.5 Å². The molecule has 0 unspecified atom stereocenters. The van der Waals surface area contributed by atoms with Gasteiger partial charge in [-0.05, 0) is 6.42 Å². The topological polar surface area (TPSA) is 81.3 Å². The number of nitrogens with two attached hydrogens (primary N) is 1. The van der Waals surface area contributed by atoms with Crippen LogP contribution in [0.5, 0.6) is 5.88 Å². The number of aliphatic hydroxyl groups is 1. The highest BCUT2D eigenvalue weighted by Crippen LogP contribution is 2.20. The van der Waals surface area contributed by atoms with Crippen molar-refractivity contribution in [2.45, 2.75) is 19.8 Å². The normalized spacial score (nSPS) is 10.1. The number of nitrogens with zero attached hydrogens (tertiary/aromatic N) is 2. The Morgan fingerprint density at radius 3 is 2.93 bits per heavy atom. The Kier molecular flexibility index (Phi) is 4.12. The molecule has 1 aromatic heterocycles. The molecule has 0 radical (unpaired) electrons. The van der Waals surface area contributed by atoms with Gasteiger partial charge >= 0.3 is 0 Å². The Morgan fingerprint density at radius 1 is 1.50 bits per heavy atom. The van der Waals surface area contributed by atoms with E-state index in [4.69, 9.17) is 15.6 Å². The summed E-state index contributed by atoms with van der Waals surface area (Å²) in [6.45, 7) is 2.24. The highest BCUT2D eigenvalue weighted by atomic mass is 16.5. The molecule has 0 spiro atoms. The van der Waals surface area contributed by atoms with E-state index in [1.807, 2.05) is 6.92 Å². The number of nitrogen functional groups attached to an aromatic ring is 1. The Labute approximate surface area is 82.9 Å². The van der Waals surface area contributed by atoms with Crippen LogP contribution in [0.3, 0.4) is 0 Å². The summed E-state index contributed by atoms with van der Waals surface area (Å²) in [5, 5.41) is 8.62. The average molecular weight is 197 g/mol. The smallest absolute Gasteiger partial charge is 0.221 e. The maximum atomic E-state index is 8.62. The molecular weight excluding hydrogens is 182 g/mol. The van der Waals surface area contributed by atoms with Crippen molar-refractivity contribution in [3.8, 4) is 5.88 Å². The lowest BCUT2D eigenvalue weighted by molar-refractivity contribution is 0.195. The Balaban J connectivity index is 2.83. The monoisotopic (exact) mass is 197 g/mol. The number of hydrogen-bond donors (Lipinski definition) is 2. The molecule has 14 heavy (non-hydrogen) atoms. The van der Waals surface area contributed by atoms with Gasteiger partial charge in [-0.25, -0.2) is 9.97 Å². The van der Waals surface area contributed by atoms with Crippen LogP contribution >= 0.6 is 0 Å². The first-order chi connectivity index (χ1) is 6.79. The van der Waals surface area contributed by atoms with Crippen molar-refractivity contribution in [2.75, 3.05) is 18.9 Å². The fourth-order valence-electron chi connectivity index (χ4n) is 1.16. The van der Waals surface area contributed by atoms with Crippen LogP contribution in [0.1, 0.15) is 18.9 Å². The van der Waals surface area contributed by atoms with Gasteiger partial charge in [0.1, 0.15) is 18.8 Å². The summed E-state index contributed by atoms with van der Waals surface area (Å²) in [4.78, 5) is 7.86. The van der Waals surface area contributed by atoms with E-state index < -0.39 is 0 Å². The predicted octanol–water partition coefficient (Wildman–Crippen LogP) is 0.382. The maximum Gasteiger partial charge on any atom is 0.221 e. The molecule has 5 nitrogen and oxygen atoms in total. The van der Waals surface area contributed by atoms with Crippen molar-refractivity contribution in [1.29, 1.82) is 0 Å². The zero-order chi connectivity index (χ0) is 10.4. The van der Waals surface area contributed by atoms with Crippen LogP contribution in [-0.4, -0.2) is 28.3 Å². The van der Waals surface area contributed by atoms with Crippen molar-refractivity contribution in [2.24, 2.45) is 0 Å². The van der Waals surface area contributed by atoms with Gasteiger partial charge in [0.25, 0.3) is 0 Å². The standard InChI is InChI=1S/C9H15N3O2/c1-2-3-7-8(10)11-6-12-9(7)14-5-4-13/h6,13H,2-5H2,1H3,(H2,10,11,12). The minimum Gasteiger partial charge on any atom is -0.475 e. The largest absolute Gasteiger partial charge is 0.475 e.